The van der Waals surface area contributed by atoms with E-state index in [1.807, 2.05) is 0 Å². The molecular weight excluding hydrogens is 496 g/mol. The molecule has 0 unspecified atom stereocenters. The van der Waals surface area contributed by atoms with E-state index in [1.165, 1.54) is 36.6 Å². The molecule has 0 aliphatic rings. The molecule has 35 heavy (non-hydrogen) atoms. The van der Waals surface area contributed by atoms with Gasteiger partial charge in [0.05, 0.1) is 17.7 Å². The van der Waals surface area contributed by atoms with Gasteiger partial charge in [-0.05, 0) is 43.2 Å². The molecule has 0 saturated carbocycles. The van der Waals surface area contributed by atoms with Crippen LogP contribution in [-0.4, -0.2) is 26.4 Å². The van der Waals surface area contributed by atoms with Crippen molar-refractivity contribution < 1.29 is 26.7 Å². The van der Waals surface area contributed by atoms with E-state index >= 15 is 0 Å². The summed E-state index contributed by atoms with van der Waals surface area (Å²) in [5.41, 5.74) is 1.21. The lowest BCUT2D eigenvalue weighted by Crippen LogP contribution is -2.24. The molecule has 1 amide bonds. The number of aryl methyl sites for hydroxylation is 1. The molecule has 0 fully saturated rings. The topological polar surface area (TPSA) is 97.4 Å². The van der Waals surface area contributed by atoms with E-state index in [2.05, 4.69) is 21.9 Å². The predicted molar refractivity (Wildman–Crippen MR) is 132 cm³/mol. The number of thiazole rings is 1. The Bertz CT molecular complexity index is 1310. The first kappa shape index (κ1) is 26.7. The van der Waals surface area contributed by atoms with Gasteiger partial charge in [-0.15, -0.1) is 0 Å². The number of unbranched alkanes of at least 4 members (excludes halogenated alkanes) is 2. The fraction of sp³-hybridized carbons (Fsp3) is 0.333. The van der Waals surface area contributed by atoms with Crippen LogP contribution in [0.5, 0.6) is 5.75 Å². The van der Waals surface area contributed by atoms with Gasteiger partial charge in [0.1, 0.15) is 22.3 Å². The number of amides is 1. The van der Waals surface area contributed by atoms with E-state index < -0.39 is 21.7 Å². The molecule has 188 valence electrons. The van der Waals surface area contributed by atoms with Gasteiger partial charge in [0.2, 0.25) is 15.9 Å². The first-order valence-corrected chi connectivity index (χ1v) is 13.3. The number of rotatable bonds is 11. The van der Waals surface area contributed by atoms with Crippen molar-refractivity contribution in [2.75, 3.05) is 12.4 Å². The lowest BCUT2D eigenvalue weighted by molar-refractivity contribution is -0.116. The fourth-order valence-electron chi connectivity index (χ4n) is 3.38. The summed E-state index contributed by atoms with van der Waals surface area (Å²) < 4.78 is 60.8. The second-order valence-corrected chi connectivity index (χ2v) is 10.6. The minimum atomic E-state index is -4.12. The first-order chi connectivity index (χ1) is 16.6. The molecule has 2 aromatic carbocycles. The Labute approximate surface area is 207 Å². The average molecular weight is 524 g/mol. The van der Waals surface area contributed by atoms with E-state index in [1.54, 1.807) is 13.0 Å². The number of sulfonamides is 1. The summed E-state index contributed by atoms with van der Waals surface area (Å²) >= 11 is 1.24. The maximum absolute atomic E-state index is 13.9. The average Bonchev–Trinajstić information content (AvgIpc) is 3.17. The summed E-state index contributed by atoms with van der Waals surface area (Å²) in [5.74, 6) is -1.61. The minimum Gasteiger partial charge on any atom is -0.495 e. The van der Waals surface area contributed by atoms with E-state index in [-0.39, 0.29) is 28.7 Å². The van der Waals surface area contributed by atoms with Crippen LogP contribution in [0, 0.1) is 18.6 Å². The van der Waals surface area contributed by atoms with Crippen molar-refractivity contribution in [3.8, 4) is 16.2 Å². The van der Waals surface area contributed by atoms with Crippen LogP contribution >= 0.6 is 11.3 Å². The molecule has 0 aliphatic heterocycles. The second kappa shape index (κ2) is 11.7. The van der Waals surface area contributed by atoms with Crippen LogP contribution in [0.2, 0.25) is 0 Å². The summed E-state index contributed by atoms with van der Waals surface area (Å²) in [6.07, 6.45) is 3.20. The van der Waals surface area contributed by atoms with Crippen molar-refractivity contribution in [3.63, 3.8) is 0 Å². The third-order valence-corrected chi connectivity index (χ3v) is 7.78. The Morgan fingerprint density at radius 3 is 2.60 bits per heavy atom. The largest absolute Gasteiger partial charge is 0.495 e. The number of nitrogens with zero attached hydrogens (tertiary/aromatic N) is 1. The van der Waals surface area contributed by atoms with Crippen molar-refractivity contribution >= 4 is 32.4 Å². The van der Waals surface area contributed by atoms with Gasteiger partial charge >= 0.3 is 0 Å². The van der Waals surface area contributed by atoms with Crippen LogP contribution < -0.4 is 14.8 Å². The molecule has 0 bridgehead atoms. The minimum absolute atomic E-state index is 0.00252. The van der Waals surface area contributed by atoms with E-state index in [0.717, 1.165) is 25.3 Å². The highest BCUT2D eigenvalue weighted by Crippen LogP contribution is 2.36. The molecule has 3 rings (SSSR count). The third kappa shape index (κ3) is 6.83. The molecule has 1 aromatic heterocycles. The number of halogens is 2. The number of benzene rings is 2. The normalized spacial score (nSPS) is 11.5. The summed E-state index contributed by atoms with van der Waals surface area (Å²) in [6, 6.07) is 7.59. The quantitative estimate of drug-likeness (QED) is 0.328. The number of carbonyl (C=O) groups excluding carboxylic acids is 1. The van der Waals surface area contributed by atoms with Crippen LogP contribution in [0.15, 0.2) is 41.3 Å². The Hall–Kier alpha value is -2.89. The molecule has 0 spiro atoms. The molecule has 1 heterocycles. The zero-order chi connectivity index (χ0) is 25.6. The van der Waals surface area contributed by atoms with E-state index in [9.17, 15) is 22.0 Å². The van der Waals surface area contributed by atoms with Crippen molar-refractivity contribution in [3.05, 3.63) is 59.3 Å². The smallest absolute Gasteiger partial charge is 0.244 e. The molecule has 0 aliphatic carbocycles. The summed E-state index contributed by atoms with van der Waals surface area (Å²) in [7, 11) is -2.77. The molecule has 0 radical (unpaired) electrons. The lowest BCUT2D eigenvalue weighted by Gasteiger charge is -2.13. The summed E-state index contributed by atoms with van der Waals surface area (Å²) in [4.78, 5) is 17.1. The molecule has 2 N–H and O–H groups in total. The fourth-order valence-corrected chi connectivity index (χ4v) is 5.56. The summed E-state index contributed by atoms with van der Waals surface area (Å²) in [6.45, 7) is 3.47. The van der Waals surface area contributed by atoms with Gasteiger partial charge in [-0.25, -0.2) is 26.9 Å². The number of carbonyl (C=O) groups is 1. The highest BCUT2D eigenvalue weighted by atomic mass is 32.2. The number of ether oxygens (including phenoxy) is 1. The Morgan fingerprint density at radius 2 is 1.91 bits per heavy atom. The van der Waals surface area contributed by atoms with Crippen molar-refractivity contribution in [1.29, 1.82) is 0 Å². The van der Waals surface area contributed by atoms with Gasteiger partial charge in [0, 0.05) is 24.6 Å². The molecule has 11 heteroatoms. The number of nitrogens with one attached hydrogen (secondary N) is 2. The van der Waals surface area contributed by atoms with Crippen LogP contribution in [0.25, 0.3) is 10.4 Å². The lowest BCUT2D eigenvalue weighted by atomic mass is 10.1. The zero-order valence-corrected chi connectivity index (χ0v) is 21.3. The predicted octanol–water partition coefficient (Wildman–Crippen LogP) is 5.40. The molecule has 0 saturated heterocycles. The highest BCUT2D eigenvalue weighted by molar-refractivity contribution is 7.89. The van der Waals surface area contributed by atoms with Gasteiger partial charge in [0.15, 0.2) is 5.13 Å². The Morgan fingerprint density at radius 1 is 1.14 bits per heavy atom. The first-order valence-electron chi connectivity index (χ1n) is 11.0. The van der Waals surface area contributed by atoms with Crippen molar-refractivity contribution in [1.82, 2.24) is 9.71 Å². The molecular formula is C24H27F2N3O4S2. The molecule has 0 atom stereocenters. The zero-order valence-electron chi connectivity index (χ0n) is 19.7. The van der Waals surface area contributed by atoms with E-state index in [4.69, 9.17) is 4.74 Å². The number of hydrogen-bond donors (Lipinski definition) is 2. The van der Waals surface area contributed by atoms with Gasteiger partial charge in [-0.2, -0.15) is 0 Å². The number of aromatic nitrogens is 1. The SMILES string of the molecule is CCCCCC(=O)Nc1nc(C)c(-c2ccc(OC)c(S(=O)(=O)NCc3ccc(F)cc3F)c2)s1. The van der Waals surface area contributed by atoms with Gasteiger partial charge < -0.3 is 10.1 Å². The third-order valence-electron chi connectivity index (χ3n) is 5.23. The molecule has 7 nitrogen and oxygen atoms in total. The standard InChI is InChI=1S/C24H27F2N3O4S2/c1-4-5-6-7-22(30)29-24-28-15(2)23(34-24)16-9-11-20(33-3)21(12-16)35(31,32)27-14-17-8-10-18(25)13-19(17)26/h8-13,27H,4-7,14H2,1-3H3,(H,28,29,30). The molecule has 3 aromatic rings. The maximum atomic E-state index is 13.9. The second-order valence-electron chi connectivity index (χ2n) is 7.86. The number of anilines is 1. The highest BCUT2D eigenvalue weighted by Gasteiger charge is 2.22. The van der Waals surface area contributed by atoms with E-state index in [0.29, 0.717) is 33.8 Å². The maximum Gasteiger partial charge on any atom is 0.244 e. The number of methoxy groups -OCH3 is 1. The van der Waals surface area contributed by atoms with Crippen LogP contribution in [0.3, 0.4) is 0 Å². The summed E-state index contributed by atoms with van der Waals surface area (Å²) in [5, 5.41) is 3.23. The Balaban J connectivity index is 1.84. The van der Waals surface area contributed by atoms with Crippen LogP contribution in [0.1, 0.15) is 43.9 Å². The van der Waals surface area contributed by atoms with Gasteiger partial charge in [-0.3, -0.25) is 4.79 Å². The van der Waals surface area contributed by atoms with Gasteiger partial charge in [0.25, 0.3) is 0 Å². The van der Waals surface area contributed by atoms with Crippen molar-refractivity contribution in [2.24, 2.45) is 0 Å². The number of hydrogen-bond acceptors (Lipinski definition) is 6. The van der Waals surface area contributed by atoms with Crippen molar-refractivity contribution in [2.45, 2.75) is 51.0 Å². The van der Waals surface area contributed by atoms with Gasteiger partial charge in [-0.1, -0.05) is 37.2 Å². The van der Waals surface area contributed by atoms with Crippen LogP contribution in [-0.2, 0) is 21.4 Å². The van der Waals surface area contributed by atoms with Crippen LogP contribution in [0.4, 0.5) is 13.9 Å². The monoisotopic (exact) mass is 523 g/mol. The Kier molecular flexibility index (Phi) is 8.92.